The number of rotatable bonds is 6. The number of benzene rings is 1. The molecular formula is C19H15F3N8O. The molecule has 0 aliphatic carbocycles. The maximum Gasteiger partial charge on any atom is 0.406 e. The minimum absolute atomic E-state index is 0.0417. The molecule has 3 aromatic heterocycles. The molecule has 4 rings (SSSR count). The first kappa shape index (κ1) is 20.1. The summed E-state index contributed by atoms with van der Waals surface area (Å²) in [5, 5.41) is 20.4. The summed E-state index contributed by atoms with van der Waals surface area (Å²) in [7, 11) is 1.31. The summed E-state index contributed by atoms with van der Waals surface area (Å²) in [6.07, 6.45) is -0.418. The fourth-order valence-corrected chi connectivity index (χ4v) is 3.09. The first-order chi connectivity index (χ1) is 14.9. The zero-order chi connectivity index (χ0) is 22.0. The van der Waals surface area contributed by atoms with E-state index in [9.17, 15) is 18.4 Å². The van der Waals surface area contributed by atoms with Crippen molar-refractivity contribution in [2.45, 2.75) is 12.7 Å². The van der Waals surface area contributed by atoms with Crippen molar-refractivity contribution in [2.24, 2.45) is 0 Å². The number of nitrogens with zero attached hydrogens (tertiary/aromatic N) is 7. The van der Waals surface area contributed by atoms with Crippen LogP contribution in [0.25, 0.3) is 11.0 Å². The lowest BCUT2D eigenvalue weighted by Gasteiger charge is -2.23. The Hall–Kier alpha value is -4.14. The third-order valence-electron chi connectivity index (χ3n) is 4.48. The van der Waals surface area contributed by atoms with Gasteiger partial charge >= 0.3 is 6.18 Å². The van der Waals surface area contributed by atoms with E-state index < -0.39 is 12.7 Å². The molecule has 0 fully saturated rings. The summed E-state index contributed by atoms with van der Waals surface area (Å²) in [5.41, 5.74) is 1.55. The average molecular weight is 428 g/mol. The van der Waals surface area contributed by atoms with Crippen LogP contribution in [0.3, 0.4) is 0 Å². The number of aromatic nitrogens is 6. The molecular weight excluding hydrogens is 413 g/mol. The van der Waals surface area contributed by atoms with Gasteiger partial charge in [0, 0.05) is 6.20 Å². The highest BCUT2D eigenvalue weighted by Crippen LogP contribution is 2.33. The standard InChI is InChI=1S/C19H15F3N8O/c1-31-17-15(9-25-28-17)29(11-19(20,21)22)18-24-7-14-8-26-30(16(14)27-18)10-13-5-3-2-4-12(13)6-23/h2-5,7-9H,10-11H2,1H3,(H,25,28). The number of alkyl halides is 3. The van der Waals surface area contributed by atoms with Crippen LogP contribution in [0.1, 0.15) is 11.1 Å². The molecule has 0 spiro atoms. The summed E-state index contributed by atoms with van der Waals surface area (Å²) >= 11 is 0. The highest BCUT2D eigenvalue weighted by atomic mass is 19.4. The third-order valence-corrected chi connectivity index (χ3v) is 4.48. The van der Waals surface area contributed by atoms with Crippen LogP contribution >= 0.6 is 0 Å². The van der Waals surface area contributed by atoms with E-state index >= 15 is 0 Å². The lowest BCUT2D eigenvalue weighted by atomic mass is 10.1. The summed E-state index contributed by atoms with van der Waals surface area (Å²) in [6.45, 7) is -1.13. The summed E-state index contributed by atoms with van der Waals surface area (Å²) in [4.78, 5) is 9.29. The highest BCUT2D eigenvalue weighted by Gasteiger charge is 2.34. The van der Waals surface area contributed by atoms with Crippen LogP contribution in [0.2, 0.25) is 0 Å². The normalized spacial score (nSPS) is 11.5. The topological polar surface area (TPSA) is 109 Å². The molecule has 12 heteroatoms. The Morgan fingerprint density at radius 2 is 2.03 bits per heavy atom. The molecule has 0 saturated carbocycles. The largest absolute Gasteiger partial charge is 0.480 e. The Kier molecular flexibility index (Phi) is 5.16. The molecule has 1 aromatic carbocycles. The Morgan fingerprint density at radius 1 is 1.23 bits per heavy atom. The predicted molar refractivity (Wildman–Crippen MR) is 104 cm³/mol. The molecule has 0 atom stereocenters. The van der Waals surface area contributed by atoms with Crippen molar-refractivity contribution in [3.05, 3.63) is 54.0 Å². The zero-order valence-corrected chi connectivity index (χ0v) is 16.1. The second kappa shape index (κ2) is 7.94. The number of hydrogen-bond donors (Lipinski definition) is 1. The molecule has 0 aliphatic rings. The summed E-state index contributed by atoms with van der Waals surface area (Å²) in [6, 6.07) is 9.10. The van der Waals surface area contributed by atoms with E-state index in [2.05, 4.69) is 31.3 Å². The minimum Gasteiger partial charge on any atom is -0.480 e. The summed E-state index contributed by atoms with van der Waals surface area (Å²) in [5.74, 6) is -0.149. The number of nitrogens with one attached hydrogen (secondary N) is 1. The van der Waals surface area contributed by atoms with Gasteiger partial charge in [0.1, 0.15) is 12.2 Å². The van der Waals surface area contributed by atoms with Gasteiger partial charge < -0.3 is 4.74 Å². The Bertz CT molecular complexity index is 1260. The SMILES string of the molecule is COc1[nH]ncc1N(CC(F)(F)F)c1ncc2cnn(Cc3ccccc3C#N)c2n1. The van der Waals surface area contributed by atoms with Crippen LogP contribution in [0, 0.1) is 11.3 Å². The smallest absolute Gasteiger partial charge is 0.406 e. The Morgan fingerprint density at radius 3 is 2.77 bits per heavy atom. The van der Waals surface area contributed by atoms with Gasteiger partial charge in [0.15, 0.2) is 5.65 Å². The van der Waals surface area contributed by atoms with Crippen molar-refractivity contribution >= 4 is 22.7 Å². The van der Waals surface area contributed by atoms with Gasteiger partial charge in [-0.1, -0.05) is 18.2 Å². The van der Waals surface area contributed by atoms with Crippen LogP contribution in [0.5, 0.6) is 5.88 Å². The lowest BCUT2D eigenvalue weighted by molar-refractivity contribution is -0.118. The van der Waals surface area contributed by atoms with Gasteiger partial charge in [-0.2, -0.15) is 33.6 Å². The molecule has 9 nitrogen and oxygen atoms in total. The van der Waals surface area contributed by atoms with Crippen LogP contribution in [-0.2, 0) is 6.54 Å². The molecule has 0 saturated heterocycles. The molecule has 31 heavy (non-hydrogen) atoms. The van der Waals surface area contributed by atoms with Gasteiger partial charge in [0.25, 0.3) is 0 Å². The number of aromatic amines is 1. The van der Waals surface area contributed by atoms with E-state index in [1.165, 1.54) is 30.4 Å². The van der Waals surface area contributed by atoms with Gasteiger partial charge in [0.05, 0.1) is 43.1 Å². The lowest BCUT2D eigenvalue weighted by Crippen LogP contribution is -2.32. The van der Waals surface area contributed by atoms with Gasteiger partial charge in [0.2, 0.25) is 11.8 Å². The molecule has 158 valence electrons. The molecule has 4 aromatic rings. The maximum atomic E-state index is 13.3. The van der Waals surface area contributed by atoms with E-state index in [4.69, 9.17) is 4.74 Å². The molecule has 0 aliphatic heterocycles. The van der Waals surface area contributed by atoms with Gasteiger partial charge in [-0.25, -0.2) is 14.8 Å². The van der Waals surface area contributed by atoms with Gasteiger partial charge in [-0.15, -0.1) is 0 Å². The van der Waals surface area contributed by atoms with E-state index in [-0.39, 0.29) is 24.1 Å². The molecule has 0 amide bonds. The van der Waals surface area contributed by atoms with Crippen molar-refractivity contribution in [1.82, 2.24) is 29.9 Å². The molecule has 3 heterocycles. The number of fused-ring (bicyclic) bond motifs is 1. The molecule has 0 radical (unpaired) electrons. The first-order valence-corrected chi connectivity index (χ1v) is 8.98. The minimum atomic E-state index is -4.54. The predicted octanol–water partition coefficient (Wildman–Crippen LogP) is 3.18. The van der Waals surface area contributed by atoms with Crippen LogP contribution in [0.15, 0.2) is 42.9 Å². The third kappa shape index (κ3) is 4.11. The van der Waals surface area contributed by atoms with E-state index in [1.807, 2.05) is 0 Å². The monoisotopic (exact) mass is 428 g/mol. The second-order valence-corrected chi connectivity index (χ2v) is 6.51. The maximum absolute atomic E-state index is 13.3. The van der Waals surface area contributed by atoms with Gasteiger partial charge in [-0.3, -0.25) is 4.90 Å². The Balaban J connectivity index is 1.78. The van der Waals surface area contributed by atoms with E-state index in [1.54, 1.807) is 24.3 Å². The number of methoxy groups -OCH3 is 1. The van der Waals surface area contributed by atoms with Crippen molar-refractivity contribution in [2.75, 3.05) is 18.6 Å². The van der Waals surface area contributed by atoms with Crippen LogP contribution in [0.4, 0.5) is 24.8 Å². The first-order valence-electron chi connectivity index (χ1n) is 8.98. The molecule has 0 bridgehead atoms. The van der Waals surface area contributed by atoms with Crippen molar-refractivity contribution < 1.29 is 17.9 Å². The van der Waals surface area contributed by atoms with Crippen molar-refractivity contribution in [1.29, 1.82) is 5.26 Å². The van der Waals surface area contributed by atoms with Gasteiger partial charge in [-0.05, 0) is 11.6 Å². The Labute approximate surface area is 173 Å². The molecule has 0 unspecified atom stereocenters. The van der Waals surface area contributed by atoms with Crippen LogP contribution < -0.4 is 9.64 Å². The van der Waals surface area contributed by atoms with E-state index in [0.717, 1.165) is 4.90 Å². The van der Waals surface area contributed by atoms with E-state index in [0.29, 0.717) is 22.2 Å². The number of hydrogen-bond acceptors (Lipinski definition) is 7. The fourth-order valence-electron chi connectivity index (χ4n) is 3.09. The summed E-state index contributed by atoms with van der Waals surface area (Å²) < 4.78 is 46.5. The zero-order valence-electron chi connectivity index (χ0n) is 16.1. The van der Waals surface area contributed by atoms with Crippen molar-refractivity contribution in [3.8, 4) is 11.9 Å². The number of H-pyrrole nitrogens is 1. The number of nitriles is 1. The average Bonchev–Trinajstić information content (AvgIpc) is 3.38. The second-order valence-electron chi connectivity index (χ2n) is 6.51. The van der Waals surface area contributed by atoms with Crippen LogP contribution in [-0.4, -0.2) is 49.8 Å². The number of ether oxygens (including phenoxy) is 1. The fraction of sp³-hybridized carbons (Fsp3) is 0.211. The number of anilines is 2. The highest BCUT2D eigenvalue weighted by molar-refractivity contribution is 5.76. The number of halogens is 3. The van der Waals surface area contributed by atoms with Crippen molar-refractivity contribution in [3.63, 3.8) is 0 Å². The molecule has 1 N–H and O–H groups in total. The quantitative estimate of drug-likeness (QED) is 0.502.